The molecular weight excluding hydrogens is 437 g/mol. The van der Waals surface area contributed by atoms with Crippen LogP contribution in [0.1, 0.15) is 18.1 Å². The average Bonchev–Trinajstić information content (AvgIpc) is 2.89. The molecule has 0 spiro atoms. The van der Waals surface area contributed by atoms with E-state index in [2.05, 4.69) is 0 Å². The van der Waals surface area contributed by atoms with E-state index in [0.717, 1.165) is 11.1 Å². The molecule has 4 nitrogen and oxygen atoms in total. The summed E-state index contributed by atoms with van der Waals surface area (Å²) in [4.78, 5) is 14.2. The van der Waals surface area contributed by atoms with Crippen LogP contribution in [0.25, 0.3) is 6.08 Å². The summed E-state index contributed by atoms with van der Waals surface area (Å²) < 4.78 is 12.2. The molecule has 1 heterocycles. The van der Waals surface area contributed by atoms with Crippen molar-refractivity contribution in [2.75, 3.05) is 13.7 Å². The predicted molar refractivity (Wildman–Crippen MR) is 119 cm³/mol. The van der Waals surface area contributed by atoms with Crippen LogP contribution in [-0.2, 0) is 11.4 Å². The van der Waals surface area contributed by atoms with Crippen molar-refractivity contribution in [1.29, 1.82) is 0 Å². The van der Waals surface area contributed by atoms with E-state index in [9.17, 15) is 4.79 Å². The number of ether oxygens (including phenoxy) is 2. The maximum absolute atomic E-state index is 12.2. The van der Waals surface area contributed by atoms with Crippen LogP contribution in [0.5, 0.6) is 11.5 Å². The first-order valence-corrected chi connectivity index (χ1v) is 10.4. The van der Waals surface area contributed by atoms with Gasteiger partial charge in [-0.15, -0.1) is 0 Å². The fraction of sp³-hybridized carbons (Fsp3) is 0.200. The highest BCUT2D eigenvalue weighted by molar-refractivity contribution is 8.26. The van der Waals surface area contributed by atoms with Gasteiger partial charge in [-0.05, 0) is 42.8 Å². The summed E-state index contributed by atoms with van der Waals surface area (Å²) in [6.07, 6.45) is 1.80. The van der Waals surface area contributed by atoms with Crippen LogP contribution in [0.15, 0.2) is 41.3 Å². The molecule has 1 amide bonds. The van der Waals surface area contributed by atoms with Crippen molar-refractivity contribution in [2.45, 2.75) is 13.5 Å². The SMILES string of the molecule is CCOc1cc(/C=C2/SC(=S)N(C)C2=O)ccc1OCc1ccc(Cl)cc1Cl. The minimum Gasteiger partial charge on any atom is -0.490 e. The maximum atomic E-state index is 12.2. The normalized spacial score (nSPS) is 15.4. The molecule has 146 valence electrons. The Morgan fingerprint density at radius 2 is 1.93 bits per heavy atom. The van der Waals surface area contributed by atoms with Crippen LogP contribution >= 0.6 is 47.2 Å². The second kappa shape index (κ2) is 9.18. The number of thioether (sulfide) groups is 1. The predicted octanol–water partition coefficient (Wildman–Crippen LogP) is 5.80. The van der Waals surface area contributed by atoms with Gasteiger partial charge in [-0.1, -0.05) is 59.3 Å². The third-order valence-corrected chi connectivity index (χ3v) is 6.02. The van der Waals surface area contributed by atoms with Gasteiger partial charge in [0, 0.05) is 22.7 Å². The number of amides is 1. The van der Waals surface area contributed by atoms with Crippen molar-refractivity contribution in [2.24, 2.45) is 0 Å². The summed E-state index contributed by atoms with van der Waals surface area (Å²) in [6.45, 7) is 2.66. The highest BCUT2D eigenvalue weighted by Gasteiger charge is 2.28. The Morgan fingerprint density at radius 1 is 1.14 bits per heavy atom. The van der Waals surface area contributed by atoms with Gasteiger partial charge in [0.25, 0.3) is 5.91 Å². The van der Waals surface area contributed by atoms with Gasteiger partial charge in [-0.2, -0.15) is 0 Å². The van der Waals surface area contributed by atoms with E-state index in [4.69, 9.17) is 44.9 Å². The number of likely N-dealkylation sites (N-methyl/N-ethyl adjacent to an activating group) is 1. The number of benzene rings is 2. The van der Waals surface area contributed by atoms with Gasteiger partial charge in [0.2, 0.25) is 0 Å². The molecule has 28 heavy (non-hydrogen) atoms. The van der Waals surface area contributed by atoms with Gasteiger partial charge < -0.3 is 9.47 Å². The summed E-state index contributed by atoms with van der Waals surface area (Å²) in [7, 11) is 1.67. The van der Waals surface area contributed by atoms with E-state index in [1.807, 2.05) is 31.2 Å². The second-order valence-electron chi connectivity index (χ2n) is 5.90. The summed E-state index contributed by atoms with van der Waals surface area (Å²) in [5, 5.41) is 1.12. The monoisotopic (exact) mass is 453 g/mol. The number of halogens is 2. The summed E-state index contributed by atoms with van der Waals surface area (Å²) in [6, 6.07) is 10.8. The largest absolute Gasteiger partial charge is 0.490 e. The lowest BCUT2D eigenvalue weighted by atomic mass is 10.1. The maximum Gasteiger partial charge on any atom is 0.265 e. The molecule has 1 aliphatic rings. The molecule has 0 aromatic heterocycles. The second-order valence-corrected chi connectivity index (χ2v) is 8.42. The molecule has 0 radical (unpaired) electrons. The van der Waals surface area contributed by atoms with Gasteiger partial charge in [-0.3, -0.25) is 9.69 Å². The van der Waals surface area contributed by atoms with Crippen LogP contribution < -0.4 is 9.47 Å². The average molecular weight is 454 g/mol. The summed E-state index contributed by atoms with van der Waals surface area (Å²) >= 11 is 18.6. The molecule has 3 rings (SSSR count). The first-order valence-electron chi connectivity index (χ1n) is 8.44. The van der Waals surface area contributed by atoms with Crippen LogP contribution in [-0.4, -0.2) is 28.8 Å². The zero-order chi connectivity index (χ0) is 20.3. The standard InChI is InChI=1S/C20H17Cl2NO3S2/c1-3-25-17-8-12(9-18-19(24)23(2)20(27)28-18)4-7-16(17)26-11-13-5-6-14(21)10-15(13)22/h4-10H,3,11H2,1-2H3/b18-9+. The Hall–Kier alpha value is -1.73. The number of hydrogen-bond acceptors (Lipinski definition) is 5. The van der Waals surface area contributed by atoms with Crippen molar-refractivity contribution >= 4 is 63.5 Å². The molecule has 0 saturated carbocycles. The molecule has 1 fully saturated rings. The fourth-order valence-electron chi connectivity index (χ4n) is 2.49. The Morgan fingerprint density at radius 3 is 2.57 bits per heavy atom. The Labute approximate surface area is 183 Å². The number of carbonyl (C=O) groups is 1. The molecule has 1 aliphatic heterocycles. The number of thiocarbonyl (C=S) groups is 1. The third kappa shape index (κ3) is 4.81. The van der Waals surface area contributed by atoms with E-state index in [-0.39, 0.29) is 12.5 Å². The molecule has 8 heteroatoms. The molecule has 2 aromatic carbocycles. The van der Waals surface area contributed by atoms with Gasteiger partial charge in [0.1, 0.15) is 10.9 Å². The minimum atomic E-state index is -0.106. The smallest absolute Gasteiger partial charge is 0.265 e. The number of rotatable bonds is 6. The van der Waals surface area contributed by atoms with E-state index in [1.54, 1.807) is 25.3 Å². The Bertz CT molecular complexity index is 962. The van der Waals surface area contributed by atoms with Crippen LogP contribution in [0.4, 0.5) is 0 Å². The highest BCUT2D eigenvalue weighted by Crippen LogP contribution is 2.34. The Balaban J connectivity index is 1.81. The zero-order valence-electron chi connectivity index (χ0n) is 15.2. The lowest BCUT2D eigenvalue weighted by molar-refractivity contribution is -0.121. The molecule has 0 unspecified atom stereocenters. The van der Waals surface area contributed by atoms with E-state index >= 15 is 0 Å². The molecule has 0 atom stereocenters. The summed E-state index contributed by atoms with van der Waals surface area (Å²) in [5.74, 6) is 1.08. The van der Waals surface area contributed by atoms with Gasteiger partial charge in [0.05, 0.1) is 11.5 Å². The zero-order valence-corrected chi connectivity index (χ0v) is 18.3. The molecule has 0 bridgehead atoms. The van der Waals surface area contributed by atoms with E-state index in [0.29, 0.717) is 37.4 Å². The minimum absolute atomic E-state index is 0.106. The quantitative estimate of drug-likeness (QED) is 0.407. The molecule has 1 saturated heterocycles. The number of hydrogen-bond donors (Lipinski definition) is 0. The molecule has 0 N–H and O–H groups in total. The Kier molecular flexibility index (Phi) is 6.88. The number of carbonyl (C=O) groups excluding carboxylic acids is 1. The van der Waals surface area contributed by atoms with Crippen molar-refractivity contribution in [3.63, 3.8) is 0 Å². The summed E-state index contributed by atoms with van der Waals surface area (Å²) in [5.41, 5.74) is 1.65. The lowest BCUT2D eigenvalue weighted by Crippen LogP contribution is -2.22. The van der Waals surface area contributed by atoms with Gasteiger partial charge >= 0.3 is 0 Å². The number of nitrogens with zero attached hydrogens (tertiary/aromatic N) is 1. The third-order valence-electron chi connectivity index (χ3n) is 3.95. The van der Waals surface area contributed by atoms with Crippen molar-refractivity contribution in [3.05, 3.63) is 62.5 Å². The van der Waals surface area contributed by atoms with E-state index in [1.165, 1.54) is 16.7 Å². The molecular formula is C20H17Cl2NO3S2. The van der Waals surface area contributed by atoms with Crippen molar-refractivity contribution in [1.82, 2.24) is 4.90 Å². The topological polar surface area (TPSA) is 38.8 Å². The highest BCUT2D eigenvalue weighted by atomic mass is 35.5. The van der Waals surface area contributed by atoms with Gasteiger partial charge in [0.15, 0.2) is 11.5 Å². The van der Waals surface area contributed by atoms with Crippen LogP contribution in [0.3, 0.4) is 0 Å². The van der Waals surface area contributed by atoms with Crippen LogP contribution in [0, 0.1) is 0 Å². The molecule has 2 aromatic rings. The van der Waals surface area contributed by atoms with E-state index < -0.39 is 0 Å². The molecule has 0 aliphatic carbocycles. The first-order chi connectivity index (χ1) is 13.4. The van der Waals surface area contributed by atoms with Crippen molar-refractivity contribution < 1.29 is 14.3 Å². The van der Waals surface area contributed by atoms with Crippen LogP contribution in [0.2, 0.25) is 10.0 Å². The van der Waals surface area contributed by atoms with Gasteiger partial charge in [-0.25, -0.2) is 0 Å². The lowest BCUT2D eigenvalue weighted by Gasteiger charge is -2.13. The first kappa shape index (κ1) is 21.0. The van der Waals surface area contributed by atoms with Crippen molar-refractivity contribution in [3.8, 4) is 11.5 Å². The fourth-order valence-corrected chi connectivity index (χ4v) is 4.14.